The SMILES string of the molecule is CC(=O)Oc1c(C)c(C)nc(C)c1COC1=NOC(c2cccc(C(F)(F)F)c2)(C(F)(F)F)C1. The highest BCUT2D eigenvalue weighted by molar-refractivity contribution is 5.79. The van der Waals surface area contributed by atoms with E-state index in [0.29, 0.717) is 34.6 Å². The zero-order valence-corrected chi connectivity index (χ0v) is 18.5. The molecular formula is C22H20F6N2O4. The number of aryl methyl sites for hydroxylation is 2. The van der Waals surface area contributed by atoms with E-state index < -0.39 is 47.4 Å². The maximum absolute atomic E-state index is 14.0. The summed E-state index contributed by atoms with van der Waals surface area (Å²) in [6, 6.07) is 2.79. The molecule has 0 amide bonds. The van der Waals surface area contributed by atoms with Crippen LogP contribution in [0.4, 0.5) is 26.3 Å². The topological polar surface area (TPSA) is 70.0 Å². The summed E-state index contributed by atoms with van der Waals surface area (Å²) in [7, 11) is 0. The molecule has 34 heavy (non-hydrogen) atoms. The van der Waals surface area contributed by atoms with E-state index in [0.717, 1.165) is 12.1 Å². The number of nitrogens with zero attached hydrogens (tertiary/aromatic N) is 2. The van der Waals surface area contributed by atoms with E-state index in [2.05, 4.69) is 10.1 Å². The Morgan fingerprint density at radius 2 is 1.79 bits per heavy atom. The van der Waals surface area contributed by atoms with Gasteiger partial charge in [-0.15, -0.1) is 0 Å². The smallest absolute Gasteiger partial charge is 0.435 e. The lowest BCUT2D eigenvalue weighted by Gasteiger charge is -2.29. The quantitative estimate of drug-likeness (QED) is 0.409. The summed E-state index contributed by atoms with van der Waals surface area (Å²) in [6.07, 6.45) is -10.9. The number of ether oxygens (including phenoxy) is 2. The molecule has 2 heterocycles. The fourth-order valence-corrected chi connectivity index (χ4v) is 3.47. The van der Waals surface area contributed by atoms with Gasteiger partial charge in [-0.1, -0.05) is 17.3 Å². The van der Waals surface area contributed by atoms with Crippen LogP contribution in [-0.4, -0.2) is 23.0 Å². The second-order valence-electron chi connectivity index (χ2n) is 7.75. The predicted molar refractivity (Wildman–Crippen MR) is 107 cm³/mol. The first-order valence-electron chi connectivity index (χ1n) is 9.93. The monoisotopic (exact) mass is 490 g/mol. The Kier molecular flexibility index (Phi) is 6.55. The average Bonchev–Trinajstić information content (AvgIpc) is 3.16. The van der Waals surface area contributed by atoms with Gasteiger partial charge in [0, 0.05) is 29.4 Å². The van der Waals surface area contributed by atoms with Crippen LogP contribution < -0.4 is 4.74 Å². The molecule has 1 aliphatic heterocycles. The maximum Gasteiger partial charge on any atom is 0.435 e. The van der Waals surface area contributed by atoms with E-state index in [9.17, 15) is 31.1 Å². The normalized spacial score (nSPS) is 18.4. The minimum absolute atomic E-state index is 0.164. The molecule has 2 aromatic rings. The van der Waals surface area contributed by atoms with Gasteiger partial charge >= 0.3 is 18.3 Å². The van der Waals surface area contributed by atoms with Gasteiger partial charge in [0.15, 0.2) is 0 Å². The summed E-state index contributed by atoms with van der Waals surface area (Å²) in [5.41, 5.74) is -3.32. The van der Waals surface area contributed by atoms with E-state index in [-0.39, 0.29) is 12.4 Å². The van der Waals surface area contributed by atoms with Crippen molar-refractivity contribution in [2.45, 2.75) is 58.7 Å². The number of esters is 1. The van der Waals surface area contributed by atoms with E-state index >= 15 is 0 Å². The fraction of sp³-hybridized carbons (Fsp3) is 0.409. The molecule has 3 rings (SSSR count). The third kappa shape index (κ3) is 4.80. The zero-order chi connectivity index (χ0) is 25.5. The average molecular weight is 490 g/mol. The van der Waals surface area contributed by atoms with Crippen LogP contribution in [0.3, 0.4) is 0 Å². The molecule has 6 nitrogen and oxygen atoms in total. The third-order valence-corrected chi connectivity index (χ3v) is 5.38. The summed E-state index contributed by atoms with van der Waals surface area (Å²) in [6.45, 7) is 5.79. The molecule has 0 spiro atoms. The van der Waals surface area contributed by atoms with Crippen LogP contribution in [0.5, 0.6) is 5.75 Å². The van der Waals surface area contributed by atoms with Gasteiger partial charge < -0.3 is 14.3 Å². The number of hydrogen-bond acceptors (Lipinski definition) is 6. The molecule has 1 aliphatic rings. The van der Waals surface area contributed by atoms with Crippen LogP contribution >= 0.6 is 0 Å². The molecule has 184 valence electrons. The lowest BCUT2D eigenvalue weighted by Crippen LogP contribution is -2.43. The first kappa shape index (κ1) is 25.3. The van der Waals surface area contributed by atoms with E-state index in [4.69, 9.17) is 14.3 Å². The summed E-state index contributed by atoms with van der Waals surface area (Å²) < 4.78 is 92.0. The van der Waals surface area contributed by atoms with Crippen molar-refractivity contribution in [3.63, 3.8) is 0 Å². The number of carbonyl (C=O) groups excluding carboxylic acids is 1. The highest BCUT2D eigenvalue weighted by Gasteiger charge is 2.63. The molecule has 1 aromatic carbocycles. The van der Waals surface area contributed by atoms with Crippen LogP contribution in [-0.2, 0) is 32.8 Å². The van der Waals surface area contributed by atoms with Gasteiger partial charge in [0.1, 0.15) is 12.4 Å². The first-order valence-corrected chi connectivity index (χ1v) is 9.93. The Balaban J connectivity index is 1.89. The Hall–Kier alpha value is -3.31. The van der Waals surface area contributed by atoms with E-state index in [1.54, 1.807) is 20.8 Å². The lowest BCUT2D eigenvalue weighted by atomic mass is 9.88. The van der Waals surface area contributed by atoms with Crippen LogP contribution in [0, 0.1) is 20.8 Å². The van der Waals surface area contributed by atoms with Crippen molar-refractivity contribution in [2.24, 2.45) is 5.16 Å². The third-order valence-electron chi connectivity index (χ3n) is 5.38. The molecule has 0 radical (unpaired) electrons. The van der Waals surface area contributed by atoms with E-state index in [1.807, 2.05) is 0 Å². The van der Waals surface area contributed by atoms with Crippen molar-refractivity contribution < 1.29 is 45.4 Å². The van der Waals surface area contributed by atoms with Gasteiger partial charge in [0.25, 0.3) is 5.60 Å². The molecule has 0 fully saturated rings. The molecule has 0 bridgehead atoms. The van der Waals surface area contributed by atoms with Crippen LogP contribution in [0.2, 0.25) is 0 Å². The number of hydrogen-bond donors (Lipinski definition) is 0. The molecule has 0 saturated carbocycles. The summed E-state index contributed by atoms with van der Waals surface area (Å²) in [5, 5.41) is 3.36. The fourth-order valence-electron chi connectivity index (χ4n) is 3.47. The van der Waals surface area contributed by atoms with Crippen molar-refractivity contribution in [3.8, 4) is 5.75 Å². The minimum Gasteiger partial charge on any atom is -0.473 e. The second kappa shape index (κ2) is 8.80. The number of carbonyl (C=O) groups is 1. The molecule has 0 aliphatic carbocycles. The largest absolute Gasteiger partial charge is 0.473 e. The number of rotatable bonds is 4. The Labute approximate surface area is 190 Å². The number of aromatic nitrogens is 1. The number of alkyl halides is 6. The number of pyridine rings is 1. The Bertz CT molecular complexity index is 1140. The van der Waals surface area contributed by atoms with Gasteiger partial charge in [-0.2, -0.15) is 26.3 Å². The van der Waals surface area contributed by atoms with Crippen molar-refractivity contribution in [1.82, 2.24) is 4.98 Å². The first-order chi connectivity index (χ1) is 15.7. The Morgan fingerprint density at radius 1 is 1.12 bits per heavy atom. The van der Waals surface area contributed by atoms with Gasteiger partial charge in [-0.05, 0) is 32.9 Å². The van der Waals surface area contributed by atoms with Gasteiger partial charge in [0.2, 0.25) is 5.90 Å². The van der Waals surface area contributed by atoms with Crippen LogP contribution in [0.25, 0.3) is 0 Å². The number of halogens is 6. The molecule has 0 N–H and O–H groups in total. The van der Waals surface area contributed by atoms with E-state index in [1.165, 1.54) is 6.92 Å². The number of oxime groups is 1. The molecule has 1 unspecified atom stereocenters. The maximum atomic E-state index is 14.0. The molecule has 0 saturated heterocycles. The highest BCUT2D eigenvalue weighted by atomic mass is 19.4. The van der Waals surface area contributed by atoms with Crippen LogP contribution in [0.15, 0.2) is 29.4 Å². The second-order valence-corrected chi connectivity index (χ2v) is 7.75. The standard InChI is InChI=1S/C22H20F6N2O4/c1-11-12(2)29-13(3)17(19(11)33-14(4)31)10-32-18-9-20(34-30-18,22(26,27)28)15-6-5-7-16(8-15)21(23,24)25/h5-8H,9-10H2,1-4H3. The van der Waals surface area contributed by atoms with Crippen LogP contribution in [0.1, 0.15) is 47.0 Å². The predicted octanol–water partition coefficient (Wildman–Crippen LogP) is 5.66. The number of benzene rings is 1. The molecule has 1 aromatic heterocycles. The highest BCUT2D eigenvalue weighted by Crippen LogP contribution is 2.49. The summed E-state index contributed by atoms with van der Waals surface area (Å²) in [4.78, 5) is 20.5. The molecule has 1 atom stereocenters. The van der Waals surface area contributed by atoms with Crippen molar-refractivity contribution >= 4 is 11.9 Å². The summed E-state index contributed by atoms with van der Waals surface area (Å²) >= 11 is 0. The van der Waals surface area contributed by atoms with Gasteiger partial charge in [-0.3, -0.25) is 9.78 Å². The molecular weight excluding hydrogens is 470 g/mol. The molecule has 12 heteroatoms. The van der Waals surface area contributed by atoms with Gasteiger partial charge in [-0.25, -0.2) is 0 Å². The van der Waals surface area contributed by atoms with Crippen molar-refractivity contribution in [1.29, 1.82) is 0 Å². The minimum atomic E-state index is -5.10. The summed E-state index contributed by atoms with van der Waals surface area (Å²) in [5.74, 6) is -0.936. The van der Waals surface area contributed by atoms with Crippen molar-refractivity contribution in [2.75, 3.05) is 0 Å². The van der Waals surface area contributed by atoms with Gasteiger partial charge in [0.05, 0.1) is 17.5 Å². The Morgan fingerprint density at radius 3 is 2.38 bits per heavy atom. The van der Waals surface area contributed by atoms with Crippen molar-refractivity contribution in [3.05, 3.63) is 57.9 Å². The lowest BCUT2D eigenvalue weighted by molar-refractivity contribution is -0.276. The zero-order valence-electron chi connectivity index (χ0n) is 18.5.